The van der Waals surface area contributed by atoms with Gasteiger partial charge < -0.3 is 16.0 Å². The van der Waals surface area contributed by atoms with Gasteiger partial charge in [-0.15, -0.1) is 0 Å². The first kappa shape index (κ1) is 11.3. The Morgan fingerprint density at radius 2 is 2.33 bits per heavy atom. The van der Waals surface area contributed by atoms with Gasteiger partial charge in [0.05, 0.1) is 0 Å². The number of H-pyrrole nitrogens is 1. The fourth-order valence-electron chi connectivity index (χ4n) is 2.73. The normalized spacial score (nSPS) is 18.7. The Balaban J connectivity index is 2.09. The Bertz CT molecular complexity index is 615. The van der Waals surface area contributed by atoms with Crippen LogP contribution in [0.1, 0.15) is 24.6 Å². The fraction of sp³-hybridized carbons (Fsp3) is 0.357. The van der Waals surface area contributed by atoms with Gasteiger partial charge in [0.15, 0.2) is 0 Å². The highest BCUT2D eigenvalue weighted by atomic mass is 16.1. The molecule has 1 aliphatic rings. The van der Waals surface area contributed by atoms with Crippen molar-refractivity contribution in [1.82, 2.24) is 4.98 Å². The monoisotopic (exact) mass is 243 g/mol. The number of benzene rings is 1. The van der Waals surface area contributed by atoms with Gasteiger partial charge in [0.2, 0.25) is 5.91 Å². The molecule has 0 saturated carbocycles. The number of aryl methyl sites for hydroxylation is 1. The van der Waals surface area contributed by atoms with E-state index in [1.807, 2.05) is 18.2 Å². The maximum atomic E-state index is 11.1. The fourth-order valence-corrected chi connectivity index (χ4v) is 2.73. The molecule has 4 N–H and O–H groups in total. The van der Waals surface area contributed by atoms with Crippen molar-refractivity contribution in [3.63, 3.8) is 0 Å². The zero-order valence-corrected chi connectivity index (χ0v) is 10.4. The van der Waals surface area contributed by atoms with Gasteiger partial charge in [0.25, 0.3) is 0 Å². The Morgan fingerprint density at radius 3 is 3.11 bits per heavy atom. The van der Waals surface area contributed by atoms with Crippen molar-refractivity contribution >= 4 is 22.5 Å². The summed E-state index contributed by atoms with van der Waals surface area (Å²) in [5, 5.41) is 4.01. The van der Waals surface area contributed by atoms with Crippen molar-refractivity contribution in [2.75, 3.05) is 5.32 Å². The van der Waals surface area contributed by atoms with Crippen LogP contribution in [0.15, 0.2) is 18.2 Å². The van der Waals surface area contributed by atoms with Crippen LogP contribution in [-0.2, 0) is 17.6 Å². The smallest absolute Gasteiger partial charge is 0.221 e. The lowest BCUT2D eigenvalue weighted by Crippen LogP contribution is -2.27. The molecule has 1 unspecified atom stereocenters. The average Bonchev–Trinajstić information content (AvgIpc) is 2.66. The zero-order valence-electron chi connectivity index (χ0n) is 10.4. The van der Waals surface area contributed by atoms with Crippen molar-refractivity contribution in [2.45, 2.75) is 32.2 Å². The molecule has 1 aliphatic carbocycles. The molecule has 0 bridgehead atoms. The summed E-state index contributed by atoms with van der Waals surface area (Å²) < 4.78 is 0. The minimum atomic E-state index is -0.0459. The van der Waals surface area contributed by atoms with E-state index in [9.17, 15) is 4.79 Å². The van der Waals surface area contributed by atoms with Gasteiger partial charge in [-0.3, -0.25) is 4.79 Å². The van der Waals surface area contributed by atoms with Crippen molar-refractivity contribution in [3.05, 3.63) is 29.5 Å². The number of hydrogen-bond acceptors (Lipinski definition) is 2. The van der Waals surface area contributed by atoms with E-state index in [-0.39, 0.29) is 11.9 Å². The van der Waals surface area contributed by atoms with E-state index in [2.05, 4.69) is 10.3 Å². The Hall–Kier alpha value is -1.81. The second-order valence-electron chi connectivity index (χ2n) is 5.03. The summed E-state index contributed by atoms with van der Waals surface area (Å²) in [6.07, 6.45) is 2.97. The van der Waals surface area contributed by atoms with Gasteiger partial charge in [0.1, 0.15) is 0 Å². The van der Waals surface area contributed by atoms with Crippen LogP contribution in [0.3, 0.4) is 0 Å². The van der Waals surface area contributed by atoms with Crippen LogP contribution >= 0.6 is 0 Å². The lowest BCUT2D eigenvalue weighted by atomic mass is 9.92. The summed E-state index contributed by atoms with van der Waals surface area (Å²) in [6.45, 7) is 1.52. The van der Waals surface area contributed by atoms with E-state index in [1.54, 1.807) is 0 Å². The molecule has 1 atom stereocenters. The standard InChI is InChI=1S/C14H17N3O/c1-8(18)16-10-3-5-14-12(7-10)11-6-9(15)2-4-13(11)17-14/h3,5,7,9,17H,2,4,6,15H2,1H3,(H,16,18). The maximum absolute atomic E-state index is 11.1. The molecular formula is C14H17N3O. The Labute approximate surface area is 106 Å². The predicted molar refractivity (Wildman–Crippen MR) is 72.6 cm³/mol. The zero-order chi connectivity index (χ0) is 12.7. The summed E-state index contributed by atoms with van der Waals surface area (Å²) in [4.78, 5) is 14.5. The number of nitrogens with one attached hydrogen (secondary N) is 2. The van der Waals surface area contributed by atoms with Crippen LogP contribution in [0.5, 0.6) is 0 Å². The van der Waals surface area contributed by atoms with Crippen LogP contribution < -0.4 is 11.1 Å². The van der Waals surface area contributed by atoms with Gasteiger partial charge in [-0.1, -0.05) is 0 Å². The molecule has 1 aromatic carbocycles. The topological polar surface area (TPSA) is 70.9 Å². The third kappa shape index (κ3) is 1.88. The number of hydrogen-bond donors (Lipinski definition) is 3. The second-order valence-corrected chi connectivity index (χ2v) is 5.03. The number of rotatable bonds is 1. The lowest BCUT2D eigenvalue weighted by molar-refractivity contribution is -0.114. The molecule has 1 amide bonds. The number of aromatic amines is 1. The first-order chi connectivity index (χ1) is 8.63. The lowest BCUT2D eigenvalue weighted by Gasteiger charge is -2.18. The third-order valence-electron chi connectivity index (χ3n) is 3.55. The summed E-state index contributed by atoms with van der Waals surface area (Å²) in [5.41, 5.74) is 10.6. The highest BCUT2D eigenvalue weighted by Crippen LogP contribution is 2.30. The van der Waals surface area contributed by atoms with Gasteiger partial charge in [-0.25, -0.2) is 0 Å². The van der Waals surface area contributed by atoms with E-state index in [0.29, 0.717) is 0 Å². The maximum Gasteiger partial charge on any atom is 0.221 e. The Morgan fingerprint density at radius 1 is 1.50 bits per heavy atom. The molecule has 0 radical (unpaired) electrons. The average molecular weight is 243 g/mol. The molecule has 1 heterocycles. The summed E-state index contributed by atoms with van der Waals surface area (Å²) in [6, 6.07) is 6.22. The molecule has 0 saturated heterocycles. The SMILES string of the molecule is CC(=O)Nc1ccc2[nH]c3c(c2c1)CC(N)CC3. The molecule has 2 aromatic rings. The van der Waals surface area contributed by atoms with E-state index >= 15 is 0 Å². The molecule has 4 heteroatoms. The van der Waals surface area contributed by atoms with Gasteiger partial charge in [0, 0.05) is 35.2 Å². The van der Waals surface area contributed by atoms with Crippen LogP contribution in [0.25, 0.3) is 10.9 Å². The molecule has 18 heavy (non-hydrogen) atoms. The van der Waals surface area contributed by atoms with Gasteiger partial charge in [-0.2, -0.15) is 0 Å². The predicted octanol–water partition coefficient (Wildman–Crippen LogP) is 1.94. The van der Waals surface area contributed by atoms with E-state index in [1.165, 1.54) is 23.6 Å². The summed E-state index contributed by atoms with van der Waals surface area (Å²) >= 11 is 0. The van der Waals surface area contributed by atoms with Gasteiger partial charge >= 0.3 is 0 Å². The highest BCUT2D eigenvalue weighted by Gasteiger charge is 2.20. The quantitative estimate of drug-likeness (QED) is 0.716. The second kappa shape index (κ2) is 4.14. The van der Waals surface area contributed by atoms with Crippen LogP contribution in [0.4, 0.5) is 5.69 Å². The molecular weight excluding hydrogens is 226 g/mol. The summed E-state index contributed by atoms with van der Waals surface area (Å²) in [5.74, 6) is -0.0459. The first-order valence-electron chi connectivity index (χ1n) is 6.30. The van der Waals surface area contributed by atoms with E-state index < -0.39 is 0 Å². The molecule has 94 valence electrons. The van der Waals surface area contributed by atoms with Crippen molar-refractivity contribution in [1.29, 1.82) is 0 Å². The molecule has 0 aliphatic heterocycles. The minimum absolute atomic E-state index is 0.0459. The number of fused-ring (bicyclic) bond motifs is 3. The number of carbonyl (C=O) groups excluding carboxylic acids is 1. The third-order valence-corrected chi connectivity index (χ3v) is 3.55. The van der Waals surface area contributed by atoms with Crippen molar-refractivity contribution in [3.8, 4) is 0 Å². The van der Waals surface area contributed by atoms with Crippen molar-refractivity contribution in [2.24, 2.45) is 5.73 Å². The number of anilines is 1. The molecule has 1 aromatic heterocycles. The van der Waals surface area contributed by atoms with Crippen LogP contribution in [0, 0.1) is 0 Å². The molecule has 4 nitrogen and oxygen atoms in total. The number of nitrogens with two attached hydrogens (primary N) is 1. The van der Waals surface area contributed by atoms with E-state index in [0.717, 1.165) is 30.5 Å². The molecule has 3 rings (SSSR count). The van der Waals surface area contributed by atoms with Gasteiger partial charge in [-0.05, 0) is 43.0 Å². The molecule has 0 fully saturated rings. The van der Waals surface area contributed by atoms with E-state index in [4.69, 9.17) is 5.73 Å². The molecule has 0 spiro atoms. The largest absolute Gasteiger partial charge is 0.358 e. The minimum Gasteiger partial charge on any atom is -0.358 e. The van der Waals surface area contributed by atoms with Crippen molar-refractivity contribution < 1.29 is 4.79 Å². The Kier molecular flexibility index (Phi) is 2.59. The first-order valence-corrected chi connectivity index (χ1v) is 6.30. The van der Waals surface area contributed by atoms with Crippen LogP contribution in [-0.4, -0.2) is 16.9 Å². The van der Waals surface area contributed by atoms with Crippen LogP contribution in [0.2, 0.25) is 0 Å². The number of amides is 1. The summed E-state index contributed by atoms with van der Waals surface area (Å²) in [7, 11) is 0. The number of aromatic nitrogens is 1. The highest BCUT2D eigenvalue weighted by molar-refractivity contribution is 5.94. The number of carbonyl (C=O) groups is 1.